The third kappa shape index (κ3) is 3.10. The van der Waals surface area contributed by atoms with Gasteiger partial charge in [0, 0.05) is 18.9 Å². The molecule has 1 aliphatic carbocycles. The first-order valence-electron chi connectivity index (χ1n) is 9.02. The smallest absolute Gasteiger partial charge is 0.202 e. The maximum atomic E-state index is 5.66. The zero-order valence-corrected chi connectivity index (χ0v) is 15.1. The molecule has 126 valence electrons. The third-order valence-electron chi connectivity index (χ3n) is 5.11. The lowest BCUT2D eigenvalue weighted by Gasteiger charge is -2.23. The van der Waals surface area contributed by atoms with Gasteiger partial charge in [-0.2, -0.15) is 9.78 Å². The Hall–Kier alpha value is -1.72. The van der Waals surface area contributed by atoms with Crippen LogP contribution in [-0.4, -0.2) is 27.4 Å². The van der Waals surface area contributed by atoms with E-state index in [0.717, 1.165) is 37.5 Å². The average Bonchev–Trinajstić information content (AvgIpc) is 3.42. The van der Waals surface area contributed by atoms with Crippen molar-refractivity contribution >= 4 is 17.8 Å². The van der Waals surface area contributed by atoms with Crippen LogP contribution in [-0.2, 0) is 13.2 Å². The fourth-order valence-electron chi connectivity index (χ4n) is 3.55. The number of aromatic nitrogens is 3. The standard InChI is InChI=1S/C19H24N4S/c1-2-22-18(17-8-9-17)20-23(19(22)24)14-21-12-10-16(11-13-21)15-6-4-3-5-7-15/h3-7,10,17H,2,8-9,11-14H2,1H3/p+1. The predicted octanol–water partition coefficient (Wildman–Crippen LogP) is 2.64. The van der Waals surface area contributed by atoms with Gasteiger partial charge in [-0.15, -0.1) is 0 Å². The Morgan fingerprint density at radius 2 is 2.04 bits per heavy atom. The number of hydrogen-bond donors (Lipinski definition) is 1. The zero-order chi connectivity index (χ0) is 16.5. The van der Waals surface area contributed by atoms with E-state index in [4.69, 9.17) is 17.3 Å². The van der Waals surface area contributed by atoms with E-state index in [1.165, 1.54) is 34.7 Å². The molecule has 1 aliphatic heterocycles. The fraction of sp³-hybridized carbons (Fsp3) is 0.474. The molecule has 0 radical (unpaired) electrons. The summed E-state index contributed by atoms with van der Waals surface area (Å²) in [6.45, 7) is 6.16. The summed E-state index contributed by atoms with van der Waals surface area (Å²) in [7, 11) is 0. The largest absolute Gasteiger partial charge is 0.313 e. The average molecular weight is 342 g/mol. The number of nitrogens with zero attached hydrogens (tertiary/aromatic N) is 3. The molecule has 1 N–H and O–H groups in total. The molecule has 2 aromatic rings. The van der Waals surface area contributed by atoms with Crippen LogP contribution in [0.4, 0.5) is 0 Å². The molecule has 1 atom stereocenters. The van der Waals surface area contributed by atoms with Crippen LogP contribution in [0, 0.1) is 4.77 Å². The molecule has 4 nitrogen and oxygen atoms in total. The van der Waals surface area contributed by atoms with E-state index >= 15 is 0 Å². The predicted molar refractivity (Wildman–Crippen MR) is 98.4 cm³/mol. The second kappa shape index (κ2) is 6.65. The maximum absolute atomic E-state index is 5.66. The molecule has 24 heavy (non-hydrogen) atoms. The van der Waals surface area contributed by atoms with E-state index in [-0.39, 0.29) is 0 Å². The van der Waals surface area contributed by atoms with Gasteiger partial charge in [0.05, 0.1) is 13.1 Å². The van der Waals surface area contributed by atoms with Crippen molar-refractivity contribution < 1.29 is 4.90 Å². The molecule has 2 aliphatic rings. The van der Waals surface area contributed by atoms with Crippen molar-refractivity contribution in [1.29, 1.82) is 0 Å². The Kier molecular flexibility index (Phi) is 4.37. The highest BCUT2D eigenvalue weighted by atomic mass is 32.1. The van der Waals surface area contributed by atoms with Crippen molar-refractivity contribution in [2.24, 2.45) is 0 Å². The summed E-state index contributed by atoms with van der Waals surface area (Å²) in [4.78, 5) is 1.54. The zero-order valence-electron chi connectivity index (χ0n) is 14.2. The second-order valence-electron chi connectivity index (χ2n) is 6.87. The van der Waals surface area contributed by atoms with E-state index in [0.29, 0.717) is 5.92 Å². The van der Waals surface area contributed by atoms with Crippen LogP contribution in [0.2, 0.25) is 0 Å². The molecule has 2 heterocycles. The van der Waals surface area contributed by atoms with Crippen LogP contribution in [0.15, 0.2) is 36.4 Å². The summed E-state index contributed by atoms with van der Waals surface area (Å²) >= 11 is 5.66. The van der Waals surface area contributed by atoms with Crippen LogP contribution >= 0.6 is 12.2 Å². The van der Waals surface area contributed by atoms with Crippen LogP contribution in [0.5, 0.6) is 0 Å². The number of rotatable bonds is 5. The first kappa shape index (κ1) is 15.8. The van der Waals surface area contributed by atoms with Gasteiger partial charge < -0.3 is 9.47 Å². The highest BCUT2D eigenvalue weighted by Crippen LogP contribution is 2.39. The van der Waals surface area contributed by atoms with Crippen molar-refractivity contribution in [2.45, 2.75) is 45.3 Å². The van der Waals surface area contributed by atoms with Crippen LogP contribution < -0.4 is 4.90 Å². The van der Waals surface area contributed by atoms with Gasteiger partial charge in [0.2, 0.25) is 4.77 Å². The molecule has 1 aromatic carbocycles. The number of nitrogens with one attached hydrogen (secondary N) is 1. The lowest BCUT2D eigenvalue weighted by molar-refractivity contribution is -0.918. The highest BCUT2D eigenvalue weighted by molar-refractivity contribution is 7.71. The summed E-state index contributed by atoms with van der Waals surface area (Å²) in [5, 5.41) is 4.85. The van der Waals surface area contributed by atoms with Gasteiger partial charge in [-0.25, -0.2) is 0 Å². The molecule has 1 unspecified atom stereocenters. The van der Waals surface area contributed by atoms with Crippen LogP contribution in [0.3, 0.4) is 0 Å². The van der Waals surface area contributed by atoms with E-state index < -0.39 is 0 Å². The Bertz CT molecular complexity index is 799. The minimum absolute atomic E-state index is 0.647. The van der Waals surface area contributed by atoms with Crippen molar-refractivity contribution in [3.63, 3.8) is 0 Å². The minimum atomic E-state index is 0.647. The van der Waals surface area contributed by atoms with Gasteiger partial charge in [-0.3, -0.25) is 0 Å². The number of benzene rings is 1. The van der Waals surface area contributed by atoms with Crippen molar-refractivity contribution in [3.05, 3.63) is 52.6 Å². The maximum Gasteiger partial charge on any atom is 0.202 e. The Labute approximate surface area is 148 Å². The van der Waals surface area contributed by atoms with E-state index in [1.807, 2.05) is 0 Å². The fourth-order valence-corrected chi connectivity index (χ4v) is 3.88. The van der Waals surface area contributed by atoms with Crippen molar-refractivity contribution in [3.8, 4) is 0 Å². The van der Waals surface area contributed by atoms with Crippen molar-refractivity contribution in [1.82, 2.24) is 14.3 Å². The lowest BCUT2D eigenvalue weighted by atomic mass is 10.00. The van der Waals surface area contributed by atoms with Gasteiger partial charge in [-0.1, -0.05) is 30.3 Å². The van der Waals surface area contributed by atoms with Gasteiger partial charge in [0.25, 0.3) is 0 Å². The Morgan fingerprint density at radius 3 is 2.67 bits per heavy atom. The summed E-state index contributed by atoms with van der Waals surface area (Å²) in [6, 6.07) is 10.7. The quantitative estimate of drug-likeness (QED) is 0.847. The Balaban J connectivity index is 1.48. The molecule has 1 fully saturated rings. The van der Waals surface area contributed by atoms with E-state index in [2.05, 4.69) is 52.6 Å². The van der Waals surface area contributed by atoms with Gasteiger partial charge in [0.1, 0.15) is 5.82 Å². The molecular formula is C19H25N4S+. The summed E-state index contributed by atoms with van der Waals surface area (Å²) < 4.78 is 5.18. The number of hydrogen-bond acceptors (Lipinski definition) is 2. The van der Waals surface area contributed by atoms with Crippen molar-refractivity contribution in [2.75, 3.05) is 13.1 Å². The lowest BCUT2D eigenvalue weighted by Crippen LogP contribution is -3.11. The SMILES string of the molecule is CCn1c(C2CC2)nn(C[NH+]2CC=C(c3ccccc3)CC2)c1=S. The first-order chi connectivity index (χ1) is 11.8. The summed E-state index contributed by atoms with van der Waals surface area (Å²) in [6.07, 6.45) is 6.05. The summed E-state index contributed by atoms with van der Waals surface area (Å²) in [5.41, 5.74) is 2.83. The molecule has 0 bridgehead atoms. The van der Waals surface area contributed by atoms with Crippen LogP contribution in [0.1, 0.15) is 43.5 Å². The second-order valence-corrected chi connectivity index (χ2v) is 7.23. The van der Waals surface area contributed by atoms with Gasteiger partial charge in [0.15, 0.2) is 6.67 Å². The molecule has 1 saturated carbocycles. The first-order valence-corrected chi connectivity index (χ1v) is 9.42. The third-order valence-corrected chi connectivity index (χ3v) is 5.54. The van der Waals surface area contributed by atoms with Gasteiger partial charge in [-0.05, 0) is 49.2 Å². The van der Waals surface area contributed by atoms with E-state index in [1.54, 1.807) is 0 Å². The van der Waals surface area contributed by atoms with E-state index in [9.17, 15) is 0 Å². The normalized spacial score (nSPS) is 20.9. The highest BCUT2D eigenvalue weighted by Gasteiger charge is 2.30. The molecule has 1 aromatic heterocycles. The monoisotopic (exact) mass is 341 g/mol. The Morgan fingerprint density at radius 1 is 1.25 bits per heavy atom. The molecule has 0 saturated heterocycles. The molecular weight excluding hydrogens is 316 g/mol. The molecule has 0 spiro atoms. The molecule has 4 rings (SSSR count). The topological polar surface area (TPSA) is 27.2 Å². The molecule has 5 heteroatoms. The number of quaternary nitrogens is 1. The summed E-state index contributed by atoms with van der Waals surface area (Å²) in [5.74, 6) is 1.85. The minimum Gasteiger partial charge on any atom is -0.313 e. The van der Waals surface area contributed by atoms with Gasteiger partial charge >= 0.3 is 0 Å². The van der Waals surface area contributed by atoms with Crippen LogP contribution in [0.25, 0.3) is 5.57 Å². The molecule has 0 amide bonds.